The lowest BCUT2D eigenvalue weighted by Gasteiger charge is -2.41. The van der Waals surface area contributed by atoms with Crippen LogP contribution in [0.1, 0.15) is 13.8 Å². The Labute approximate surface area is 113 Å². The van der Waals surface area contributed by atoms with Crippen molar-refractivity contribution in [2.24, 2.45) is 0 Å². The molecule has 0 N–H and O–H groups in total. The van der Waals surface area contributed by atoms with E-state index in [1.807, 2.05) is 0 Å². The molecule has 0 aliphatic rings. The molecule has 0 radical (unpaired) electrons. The van der Waals surface area contributed by atoms with Gasteiger partial charge in [-0.25, -0.2) is 0 Å². The Balaban J connectivity index is 6.38. The number of halogens is 10. The molecule has 0 aromatic heterocycles. The van der Waals surface area contributed by atoms with E-state index < -0.39 is 45.2 Å². The summed E-state index contributed by atoms with van der Waals surface area (Å²) < 4.78 is 135. The van der Waals surface area contributed by atoms with Gasteiger partial charge in [0.1, 0.15) is 0 Å². The number of rotatable bonds is 6. The van der Waals surface area contributed by atoms with Gasteiger partial charge in [0.25, 0.3) is 0 Å². The van der Waals surface area contributed by atoms with Gasteiger partial charge < -0.3 is 8.85 Å². The zero-order chi connectivity index (χ0) is 17.3. The molecule has 0 amide bonds. The third kappa shape index (κ3) is 3.13. The van der Waals surface area contributed by atoms with E-state index in [2.05, 4.69) is 8.85 Å². The van der Waals surface area contributed by atoms with E-state index in [9.17, 15) is 43.9 Å². The van der Waals surface area contributed by atoms with Crippen molar-refractivity contribution in [1.82, 2.24) is 0 Å². The Hall–Kier alpha value is -0.563. The summed E-state index contributed by atoms with van der Waals surface area (Å²) in [4.78, 5) is 0. The van der Waals surface area contributed by atoms with Crippen molar-refractivity contribution in [2.75, 3.05) is 13.2 Å². The van der Waals surface area contributed by atoms with Crippen LogP contribution in [0.25, 0.3) is 0 Å². The van der Waals surface area contributed by atoms with E-state index in [1.165, 1.54) is 0 Å². The topological polar surface area (TPSA) is 18.5 Å². The Bertz CT molecular complexity index is 316. The van der Waals surface area contributed by atoms with Gasteiger partial charge in [0, 0.05) is 13.2 Å². The molecular weight excluding hydrogens is 346 g/mol. The first-order chi connectivity index (χ1) is 9.12. The lowest BCUT2D eigenvalue weighted by Crippen LogP contribution is -2.77. The van der Waals surface area contributed by atoms with Crippen molar-refractivity contribution >= 4 is 8.56 Å². The zero-order valence-corrected chi connectivity index (χ0v) is 11.5. The number of alkyl halides is 10. The van der Waals surface area contributed by atoms with E-state index in [-0.39, 0.29) is 0 Å². The molecule has 0 saturated carbocycles. The van der Waals surface area contributed by atoms with Gasteiger partial charge in [-0.2, -0.15) is 43.9 Å². The smallest absolute Gasteiger partial charge is 0.387 e. The molecule has 0 aliphatic heterocycles. The standard InChI is InChI=1S/C8H10F10O2Si/c1-3-19-21(20-4-2,7(15,16)5(9,10)11)8(17,18)6(12,13)14/h3-4H2,1-2H3. The summed E-state index contributed by atoms with van der Waals surface area (Å²) >= 11 is 0. The highest BCUT2D eigenvalue weighted by molar-refractivity contribution is 6.73. The van der Waals surface area contributed by atoms with Crippen molar-refractivity contribution < 1.29 is 52.8 Å². The normalized spacial score (nSPS) is 15.4. The molecule has 0 atom stereocenters. The largest absolute Gasteiger partial charge is 0.511 e. The molecule has 0 aromatic rings. The predicted octanol–water partition coefficient (Wildman–Crippen LogP) is 3.98. The highest BCUT2D eigenvalue weighted by Crippen LogP contribution is 2.54. The molecule has 21 heavy (non-hydrogen) atoms. The molecule has 128 valence electrons. The summed E-state index contributed by atoms with van der Waals surface area (Å²) in [6, 6.07) is 0. The first-order valence-electron chi connectivity index (χ1n) is 5.29. The second kappa shape index (κ2) is 5.91. The molecule has 0 saturated heterocycles. The average molecular weight is 356 g/mol. The minimum Gasteiger partial charge on any atom is -0.387 e. The maximum Gasteiger partial charge on any atom is 0.511 e. The van der Waals surface area contributed by atoms with E-state index in [0.717, 1.165) is 0 Å². The third-order valence-electron chi connectivity index (χ3n) is 2.23. The highest BCUT2D eigenvalue weighted by atomic mass is 28.4. The summed E-state index contributed by atoms with van der Waals surface area (Å²) in [5, 5.41) is 0. The van der Waals surface area contributed by atoms with Crippen LogP contribution < -0.4 is 0 Å². The number of hydrogen-bond donors (Lipinski definition) is 0. The van der Waals surface area contributed by atoms with Gasteiger partial charge in [0.05, 0.1) is 0 Å². The highest BCUT2D eigenvalue weighted by Gasteiger charge is 2.91. The summed E-state index contributed by atoms with van der Waals surface area (Å²) in [6.45, 7) is -1.10. The fraction of sp³-hybridized carbons (Fsp3) is 1.00. The summed E-state index contributed by atoms with van der Waals surface area (Å²) in [5.74, 6) is 0. The molecule has 0 aromatic carbocycles. The average Bonchev–Trinajstić information content (AvgIpc) is 2.24. The van der Waals surface area contributed by atoms with Crippen molar-refractivity contribution in [2.45, 2.75) is 37.3 Å². The minimum absolute atomic E-state index is 0.694. The monoisotopic (exact) mass is 356 g/mol. The van der Waals surface area contributed by atoms with Gasteiger partial charge in [-0.15, -0.1) is 0 Å². The maximum absolute atomic E-state index is 13.4. The lowest BCUT2D eigenvalue weighted by atomic mass is 10.7. The summed E-state index contributed by atoms with van der Waals surface area (Å²) in [7, 11) is -7.44. The van der Waals surface area contributed by atoms with Crippen molar-refractivity contribution in [1.29, 1.82) is 0 Å². The predicted molar refractivity (Wildman–Crippen MR) is 51.0 cm³/mol. The van der Waals surface area contributed by atoms with E-state index in [4.69, 9.17) is 0 Å². The molecule has 0 heterocycles. The Morgan fingerprint density at radius 2 is 0.857 bits per heavy atom. The van der Waals surface area contributed by atoms with Crippen molar-refractivity contribution in [3.8, 4) is 0 Å². The SMILES string of the molecule is CCO[Si](OCC)(C(F)(F)C(F)(F)F)C(F)(F)C(F)(F)F. The fourth-order valence-electron chi connectivity index (χ4n) is 1.38. The van der Waals surface area contributed by atoms with Crippen LogP contribution in [0.3, 0.4) is 0 Å². The zero-order valence-electron chi connectivity index (χ0n) is 10.5. The Morgan fingerprint density at radius 1 is 0.619 bits per heavy atom. The molecule has 0 aliphatic carbocycles. The van der Waals surface area contributed by atoms with Gasteiger partial charge in [-0.1, -0.05) is 0 Å². The van der Waals surface area contributed by atoms with Crippen LogP contribution in [0, 0.1) is 0 Å². The molecule has 0 rings (SSSR count). The van der Waals surface area contributed by atoms with Crippen LogP contribution in [0.15, 0.2) is 0 Å². The molecule has 0 bridgehead atoms. The first-order valence-corrected chi connectivity index (χ1v) is 7.11. The fourth-order valence-corrected chi connectivity index (χ4v) is 4.14. The van der Waals surface area contributed by atoms with E-state index in [1.54, 1.807) is 0 Å². The van der Waals surface area contributed by atoms with Crippen molar-refractivity contribution in [3.63, 3.8) is 0 Å². The molecule has 2 nitrogen and oxygen atoms in total. The Morgan fingerprint density at radius 3 is 1.00 bits per heavy atom. The van der Waals surface area contributed by atoms with Crippen molar-refractivity contribution in [3.05, 3.63) is 0 Å². The Kier molecular flexibility index (Phi) is 5.75. The van der Waals surface area contributed by atoms with Crippen LogP contribution in [0.2, 0.25) is 0 Å². The van der Waals surface area contributed by atoms with Gasteiger partial charge >= 0.3 is 32.0 Å². The molecule has 0 fully saturated rings. The van der Waals surface area contributed by atoms with E-state index >= 15 is 0 Å². The molecule has 0 spiro atoms. The van der Waals surface area contributed by atoms with Gasteiger partial charge in [0.2, 0.25) is 0 Å². The summed E-state index contributed by atoms with van der Waals surface area (Å²) in [5.41, 5.74) is -13.0. The summed E-state index contributed by atoms with van der Waals surface area (Å²) in [6.07, 6.45) is -13.4. The molecule has 13 heteroatoms. The van der Waals surface area contributed by atoms with Gasteiger partial charge in [0.15, 0.2) is 0 Å². The van der Waals surface area contributed by atoms with Gasteiger partial charge in [-0.05, 0) is 13.8 Å². The maximum atomic E-state index is 13.4. The first kappa shape index (κ1) is 20.4. The van der Waals surface area contributed by atoms with E-state index in [0.29, 0.717) is 13.8 Å². The van der Waals surface area contributed by atoms with Crippen LogP contribution in [-0.2, 0) is 8.85 Å². The lowest BCUT2D eigenvalue weighted by molar-refractivity contribution is -0.297. The van der Waals surface area contributed by atoms with Crippen LogP contribution >= 0.6 is 0 Å². The second-order valence-electron chi connectivity index (χ2n) is 3.63. The number of hydrogen-bond acceptors (Lipinski definition) is 2. The third-order valence-corrected chi connectivity index (χ3v) is 5.84. The van der Waals surface area contributed by atoms with Crippen LogP contribution in [0.5, 0.6) is 0 Å². The van der Waals surface area contributed by atoms with Crippen LogP contribution in [0.4, 0.5) is 43.9 Å². The quantitative estimate of drug-likeness (QED) is 0.530. The minimum atomic E-state index is -7.44. The second-order valence-corrected chi connectivity index (χ2v) is 6.69. The van der Waals surface area contributed by atoms with Crippen LogP contribution in [-0.4, -0.2) is 45.2 Å². The molecular formula is C8H10F10O2Si. The molecule has 0 unspecified atom stereocenters. The van der Waals surface area contributed by atoms with Gasteiger partial charge in [-0.3, -0.25) is 0 Å².